The van der Waals surface area contributed by atoms with Gasteiger partial charge in [0.15, 0.2) is 0 Å². The van der Waals surface area contributed by atoms with Crippen LogP contribution >= 0.6 is 0 Å². The minimum absolute atomic E-state index is 0.135. The van der Waals surface area contributed by atoms with Crippen molar-refractivity contribution in [2.75, 3.05) is 5.32 Å². The molecule has 0 aliphatic rings. The summed E-state index contributed by atoms with van der Waals surface area (Å²) in [5.41, 5.74) is 6.12. The predicted molar refractivity (Wildman–Crippen MR) is 86.3 cm³/mol. The molecule has 0 saturated heterocycles. The molecule has 0 aliphatic heterocycles. The molecule has 4 N–H and O–H groups in total. The van der Waals surface area contributed by atoms with Crippen molar-refractivity contribution in [1.82, 2.24) is 4.98 Å². The molecule has 6 heteroatoms. The summed E-state index contributed by atoms with van der Waals surface area (Å²) in [7, 11) is 0. The molecule has 0 unspecified atom stereocenters. The van der Waals surface area contributed by atoms with E-state index in [-0.39, 0.29) is 16.9 Å². The second-order valence-electron chi connectivity index (χ2n) is 4.96. The quantitative estimate of drug-likeness (QED) is 0.645. The van der Waals surface area contributed by atoms with Gasteiger partial charge in [-0.2, -0.15) is 0 Å². The highest BCUT2D eigenvalue weighted by molar-refractivity contribution is 6.10. The van der Waals surface area contributed by atoms with Crippen molar-refractivity contribution in [2.45, 2.75) is 0 Å². The third-order valence-electron chi connectivity index (χ3n) is 3.43. The van der Waals surface area contributed by atoms with Gasteiger partial charge in [0, 0.05) is 28.9 Å². The number of rotatable bonds is 3. The molecule has 1 heterocycles. The first-order valence-electron chi connectivity index (χ1n) is 6.83. The van der Waals surface area contributed by atoms with Crippen LogP contribution in [0.4, 0.5) is 5.69 Å². The van der Waals surface area contributed by atoms with E-state index in [2.05, 4.69) is 10.3 Å². The number of nitrogens with one attached hydrogen (secondary N) is 1. The summed E-state index contributed by atoms with van der Waals surface area (Å²) >= 11 is 0. The fraction of sp³-hybridized carbons (Fsp3) is 0. The number of aromatic hydroxyl groups is 1. The van der Waals surface area contributed by atoms with Crippen LogP contribution < -0.4 is 11.1 Å². The average molecular weight is 307 g/mol. The molecule has 0 spiro atoms. The lowest BCUT2D eigenvalue weighted by molar-refractivity contribution is 0.1000. The van der Waals surface area contributed by atoms with Crippen LogP contribution in [-0.2, 0) is 0 Å². The molecule has 0 fully saturated rings. The number of fused-ring (bicyclic) bond motifs is 1. The van der Waals surface area contributed by atoms with Gasteiger partial charge in [0.05, 0.1) is 11.1 Å². The Balaban J connectivity index is 1.96. The van der Waals surface area contributed by atoms with E-state index in [1.165, 1.54) is 24.5 Å². The molecule has 3 aromatic rings. The molecule has 2 aromatic carbocycles. The molecular formula is C17H13N3O3. The molecule has 6 nitrogen and oxygen atoms in total. The number of nitrogens with zero attached hydrogens (tertiary/aromatic N) is 1. The number of hydrogen-bond donors (Lipinski definition) is 3. The topological polar surface area (TPSA) is 105 Å². The number of amides is 2. The standard InChI is InChI=1S/C17H13N3O3/c18-16(22)10-7-11(9-19-8-10)17(23)20-14-5-6-15(21)13-4-2-1-3-12(13)14/h1-9,21H,(H2,18,22)(H,20,23). The molecule has 0 radical (unpaired) electrons. The number of primary amides is 1. The zero-order valence-corrected chi connectivity index (χ0v) is 12.0. The fourth-order valence-electron chi connectivity index (χ4n) is 2.29. The summed E-state index contributed by atoms with van der Waals surface area (Å²) in [5, 5.41) is 14.0. The molecule has 0 atom stereocenters. The van der Waals surface area contributed by atoms with Gasteiger partial charge in [0.25, 0.3) is 5.91 Å². The summed E-state index contributed by atoms with van der Waals surface area (Å²) in [6.45, 7) is 0. The normalized spacial score (nSPS) is 10.4. The Bertz CT molecular complexity index is 922. The number of carbonyl (C=O) groups is 2. The van der Waals surface area contributed by atoms with Crippen molar-refractivity contribution in [2.24, 2.45) is 5.73 Å². The van der Waals surface area contributed by atoms with Crippen LogP contribution in [0, 0.1) is 0 Å². The molecule has 114 valence electrons. The van der Waals surface area contributed by atoms with E-state index in [9.17, 15) is 14.7 Å². The fourth-order valence-corrected chi connectivity index (χ4v) is 2.29. The first kappa shape index (κ1) is 14.5. The third-order valence-corrected chi connectivity index (χ3v) is 3.43. The highest BCUT2D eigenvalue weighted by Gasteiger charge is 2.12. The molecule has 1 aromatic heterocycles. The lowest BCUT2D eigenvalue weighted by Gasteiger charge is -2.10. The number of benzene rings is 2. The van der Waals surface area contributed by atoms with E-state index >= 15 is 0 Å². The Labute approximate surface area is 131 Å². The number of aromatic nitrogens is 1. The smallest absolute Gasteiger partial charge is 0.257 e. The van der Waals surface area contributed by atoms with Crippen LogP contribution in [0.1, 0.15) is 20.7 Å². The van der Waals surface area contributed by atoms with E-state index in [1.54, 1.807) is 24.3 Å². The number of pyridine rings is 1. The van der Waals surface area contributed by atoms with E-state index in [0.29, 0.717) is 16.5 Å². The van der Waals surface area contributed by atoms with Gasteiger partial charge in [0.1, 0.15) is 5.75 Å². The molecule has 0 bridgehead atoms. The summed E-state index contributed by atoms with van der Waals surface area (Å²) in [6.07, 6.45) is 2.65. The van der Waals surface area contributed by atoms with Crippen molar-refractivity contribution in [1.29, 1.82) is 0 Å². The van der Waals surface area contributed by atoms with Crippen molar-refractivity contribution in [3.05, 3.63) is 66.0 Å². The minimum atomic E-state index is -0.651. The molecule has 0 saturated carbocycles. The van der Waals surface area contributed by atoms with Crippen LogP contribution in [0.5, 0.6) is 5.75 Å². The highest BCUT2D eigenvalue weighted by atomic mass is 16.3. The summed E-state index contributed by atoms with van der Waals surface area (Å²) in [6, 6.07) is 11.7. The zero-order valence-electron chi connectivity index (χ0n) is 12.0. The first-order chi connectivity index (χ1) is 11.1. The van der Waals surface area contributed by atoms with Gasteiger partial charge >= 0.3 is 0 Å². The molecule has 23 heavy (non-hydrogen) atoms. The SMILES string of the molecule is NC(=O)c1cncc(C(=O)Nc2ccc(O)c3ccccc23)c1. The van der Waals surface area contributed by atoms with Crippen LogP contribution in [0.25, 0.3) is 10.8 Å². The van der Waals surface area contributed by atoms with Crippen molar-refractivity contribution < 1.29 is 14.7 Å². The number of carbonyl (C=O) groups excluding carboxylic acids is 2. The lowest BCUT2D eigenvalue weighted by Crippen LogP contribution is -2.16. The second-order valence-corrected chi connectivity index (χ2v) is 4.96. The molecule has 2 amide bonds. The van der Waals surface area contributed by atoms with E-state index in [0.717, 1.165) is 0 Å². The Morgan fingerprint density at radius 1 is 1.00 bits per heavy atom. The predicted octanol–water partition coefficient (Wildman–Crippen LogP) is 2.29. The van der Waals surface area contributed by atoms with Gasteiger partial charge < -0.3 is 16.2 Å². The van der Waals surface area contributed by atoms with E-state index in [1.807, 2.05) is 6.07 Å². The maximum absolute atomic E-state index is 12.4. The van der Waals surface area contributed by atoms with Crippen molar-refractivity contribution >= 4 is 28.3 Å². The van der Waals surface area contributed by atoms with Gasteiger partial charge in [-0.3, -0.25) is 14.6 Å². The number of hydrogen-bond acceptors (Lipinski definition) is 4. The highest BCUT2D eigenvalue weighted by Crippen LogP contribution is 2.30. The van der Waals surface area contributed by atoms with Gasteiger partial charge in [0.2, 0.25) is 5.91 Å². The van der Waals surface area contributed by atoms with Gasteiger partial charge in [-0.15, -0.1) is 0 Å². The lowest BCUT2D eigenvalue weighted by atomic mass is 10.1. The maximum Gasteiger partial charge on any atom is 0.257 e. The molecule has 0 aliphatic carbocycles. The third kappa shape index (κ3) is 2.82. The number of anilines is 1. The Hall–Kier alpha value is -3.41. The van der Waals surface area contributed by atoms with Crippen LogP contribution in [-0.4, -0.2) is 21.9 Å². The van der Waals surface area contributed by atoms with Crippen LogP contribution in [0.15, 0.2) is 54.9 Å². The number of phenols is 1. The van der Waals surface area contributed by atoms with Crippen LogP contribution in [0.3, 0.4) is 0 Å². The number of nitrogens with two attached hydrogens (primary N) is 1. The largest absolute Gasteiger partial charge is 0.507 e. The van der Waals surface area contributed by atoms with Crippen LogP contribution in [0.2, 0.25) is 0 Å². The monoisotopic (exact) mass is 307 g/mol. The summed E-state index contributed by atoms with van der Waals surface area (Å²) in [4.78, 5) is 27.4. The van der Waals surface area contributed by atoms with Gasteiger partial charge in [-0.05, 0) is 18.2 Å². The summed E-state index contributed by atoms with van der Waals surface area (Å²) < 4.78 is 0. The summed E-state index contributed by atoms with van der Waals surface area (Å²) in [5.74, 6) is -0.935. The molecule has 3 rings (SSSR count). The molecular weight excluding hydrogens is 294 g/mol. The van der Waals surface area contributed by atoms with E-state index < -0.39 is 11.8 Å². The zero-order chi connectivity index (χ0) is 16.4. The van der Waals surface area contributed by atoms with Gasteiger partial charge in [-0.25, -0.2) is 0 Å². The Kier molecular flexibility index (Phi) is 3.64. The Morgan fingerprint density at radius 2 is 1.70 bits per heavy atom. The average Bonchev–Trinajstić information content (AvgIpc) is 2.57. The number of phenolic OH excluding ortho intramolecular Hbond substituents is 1. The van der Waals surface area contributed by atoms with Gasteiger partial charge in [-0.1, -0.05) is 24.3 Å². The maximum atomic E-state index is 12.4. The Morgan fingerprint density at radius 3 is 2.43 bits per heavy atom. The second kappa shape index (κ2) is 5.76. The van der Waals surface area contributed by atoms with Crippen molar-refractivity contribution in [3.63, 3.8) is 0 Å². The first-order valence-corrected chi connectivity index (χ1v) is 6.83. The van der Waals surface area contributed by atoms with Crippen molar-refractivity contribution in [3.8, 4) is 5.75 Å². The van der Waals surface area contributed by atoms with E-state index in [4.69, 9.17) is 5.73 Å². The minimum Gasteiger partial charge on any atom is -0.507 e.